The number of nitrogens with zero attached hydrogens (tertiary/aromatic N) is 4. The quantitative estimate of drug-likeness (QED) is 0.830. The summed E-state index contributed by atoms with van der Waals surface area (Å²) in [6.07, 6.45) is -2.17. The summed E-state index contributed by atoms with van der Waals surface area (Å²) in [6, 6.07) is 1.53. The molecule has 0 saturated carbocycles. The molecule has 156 valence electrons. The Bertz CT molecular complexity index is 899. The molecule has 1 saturated heterocycles. The lowest BCUT2D eigenvalue weighted by Gasteiger charge is -2.31. The number of rotatable bonds is 4. The van der Waals surface area contributed by atoms with Crippen LogP contribution < -0.4 is 5.32 Å². The molecule has 3 rings (SSSR count). The normalized spacial score (nSPS) is 18.4. The lowest BCUT2D eigenvalue weighted by atomic mass is 9.97. The van der Waals surface area contributed by atoms with Crippen LogP contribution in [0.4, 0.5) is 13.2 Å². The largest absolute Gasteiger partial charge is 0.433 e. The van der Waals surface area contributed by atoms with Crippen molar-refractivity contribution < 1.29 is 27.3 Å². The van der Waals surface area contributed by atoms with Gasteiger partial charge in [-0.15, -0.1) is 0 Å². The first-order valence-corrected chi connectivity index (χ1v) is 9.08. The first kappa shape index (κ1) is 20.7. The number of hydrogen-bond acceptors (Lipinski definition) is 6. The second-order valence-corrected chi connectivity index (χ2v) is 6.92. The third-order valence-corrected chi connectivity index (χ3v) is 4.72. The van der Waals surface area contributed by atoms with Crippen molar-refractivity contribution in [1.82, 2.24) is 25.3 Å². The summed E-state index contributed by atoms with van der Waals surface area (Å²) in [5.74, 6) is -0.626. The molecule has 2 unspecified atom stereocenters. The average Bonchev–Trinajstić information content (AvgIpc) is 3.18. The van der Waals surface area contributed by atoms with E-state index in [0.29, 0.717) is 19.5 Å². The van der Waals surface area contributed by atoms with Crippen molar-refractivity contribution in [3.63, 3.8) is 0 Å². The molecule has 3 heterocycles. The summed E-state index contributed by atoms with van der Waals surface area (Å²) < 4.78 is 43.6. The van der Waals surface area contributed by atoms with E-state index in [9.17, 15) is 22.8 Å². The van der Waals surface area contributed by atoms with E-state index < -0.39 is 17.9 Å². The fourth-order valence-corrected chi connectivity index (χ4v) is 3.12. The molecule has 2 aromatic heterocycles. The van der Waals surface area contributed by atoms with E-state index in [1.807, 2.05) is 0 Å². The van der Waals surface area contributed by atoms with Gasteiger partial charge >= 0.3 is 6.18 Å². The van der Waals surface area contributed by atoms with E-state index in [4.69, 9.17) is 4.52 Å². The van der Waals surface area contributed by atoms with E-state index in [1.54, 1.807) is 11.8 Å². The zero-order chi connectivity index (χ0) is 21.2. The maximum Gasteiger partial charge on any atom is 0.433 e. The Kier molecular flexibility index (Phi) is 5.85. The summed E-state index contributed by atoms with van der Waals surface area (Å²) in [6.45, 7) is 4.08. The molecule has 1 aliphatic heterocycles. The van der Waals surface area contributed by atoms with E-state index in [2.05, 4.69) is 20.4 Å². The summed E-state index contributed by atoms with van der Waals surface area (Å²) in [4.78, 5) is 33.0. The molecule has 1 aliphatic rings. The van der Waals surface area contributed by atoms with Crippen LogP contribution in [0.15, 0.2) is 22.9 Å². The van der Waals surface area contributed by atoms with Crippen LogP contribution in [0.1, 0.15) is 44.3 Å². The number of alkyl halides is 3. The average molecular weight is 411 g/mol. The zero-order valence-electron chi connectivity index (χ0n) is 15.9. The molecular formula is C18H20F3N5O3. The molecule has 0 bridgehead atoms. The van der Waals surface area contributed by atoms with Crippen LogP contribution in [0.25, 0.3) is 11.4 Å². The number of carbonyl (C=O) groups is 2. The standard InChI is InChI=1S/C18H20F3N5O3/c1-10(23-16(28)13-4-3-7-26(9-13)11(2)27)17-24-15(25-29-17)12-5-6-22-14(8-12)18(19,20)21/h5-6,8,10,13H,3-4,7,9H2,1-2H3,(H,23,28). The highest BCUT2D eigenvalue weighted by Crippen LogP contribution is 2.30. The van der Waals surface area contributed by atoms with Crippen LogP contribution in [0.5, 0.6) is 0 Å². The van der Waals surface area contributed by atoms with Gasteiger partial charge in [-0.3, -0.25) is 14.6 Å². The molecule has 2 atom stereocenters. The number of piperidine rings is 1. The van der Waals surface area contributed by atoms with E-state index in [1.165, 1.54) is 13.0 Å². The minimum atomic E-state index is -4.59. The van der Waals surface area contributed by atoms with Gasteiger partial charge in [0.2, 0.25) is 23.5 Å². The minimum Gasteiger partial charge on any atom is -0.344 e. The zero-order valence-corrected chi connectivity index (χ0v) is 15.9. The van der Waals surface area contributed by atoms with Gasteiger partial charge in [-0.2, -0.15) is 18.2 Å². The predicted molar refractivity (Wildman–Crippen MR) is 94.1 cm³/mol. The summed E-state index contributed by atoms with van der Waals surface area (Å²) >= 11 is 0. The molecular weight excluding hydrogens is 391 g/mol. The summed E-state index contributed by atoms with van der Waals surface area (Å²) in [7, 11) is 0. The SMILES string of the molecule is CC(=O)N1CCCC(C(=O)NC(C)c2nc(-c3ccnc(C(F)(F)F)c3)no2)C1. The topological polar surface area (TPSA) is 101 Å². The van der Waals surface area contributed by atoms with Crippen LogP contribution in [0.2, 0.25) is 0 Å². The highest BCUT2D eigenvalue weighted by Gasteiger charge is 2.33. The molecule has 2 aromatic rings. The van der Waals surface area contributed by atoms with Gasteiger partial charge < -0.3 is 14.7 Å². The van der Waals surface area contributed by atoms with Gasteiger partial charge in [0.25, 0.3) is 0 Å². The number of carbonyl (C=O) groups excluding carboxylic acids is 2. The van der Waals surface area contributed by atoms with Crippen molar-refractivity contribution in [2.75, 3.05) is 13.1 Å². The van der Waals surface area contributed by atoms with Gasteiger partial charge in [0.1, 0.15) is 11.7 Å². The number of halogens is 3. The molecule has 1 fully saturated rings. The monoisotopic (exact) mass is 411 g/mol. The Morgan fingerprint density at radius 2 is 2.14 bits per heavy atom. The van der Waals surface area contributed by atoms with Gasteiger partial charge in [0, 0.05) is 31.8 Å². The van der Waals surface area contributed by atoms with Crippen molar-refractivity contribution in [1.29, 1.82) is 0 Å². The minimum absolute atomic E-state index is 0.0329. The maximum absolute atomic E-state index is 12.8. The number of likely N-dealkylation sites (tertiary alicyclic amines) is 1. The van der Waals surface area contributed by atoms with E-state index >= 15 is 0 Å². The first-order valence-electron chi connectivity index (χ1n) is 9.08. The van der Waals surface area contributed by atoms with Crippen LogP contribution >= 0.6 is 0 Å². The van der Waals surface area contributed by atoms with Crippen LogP contribution in [-0.2, 0) is 15.8 Å². The van der Waals surface area contributed by atoms with Crippen molar-refractivity contribution in [2.24, 2.45) is 5.92 Å². The lowest BCUT2D eigenvalue weighted by molar-refractivity contribution is -0.141. The third kappa shape index (κ3) is 4.90. The Labute approximate surface area is 164 Å². The van der Waals surface area contributed by atoms with Crippen molar-refractivity contribution in [3.8, 4) is 11.4 Å². The van der Waals surface area contributed by atoms with Gasteiger partial charge in [0.15, 0.2) is 0 Å². The Morgan fingerprint density at radius 1 is 1.38 bits per heavy atom. The second kappa shape index (κ2) is 8.18. The highest BCUT2D eigenvalue weighted by atomic mass is 19.4. The predicted octanol–water partition coefficient (Wildman–Crippen LogP) is 2.59. The number of pyridine rings is 1. The summed E-state index contributed by atoms with van der Waals surface area (Å²) in [5, 5.41) is 6.46. The Hall–Kier alpha value is -2.98. The van der Waals surface area contributed by atoms with E-state index in [0.717, 1.165) is 18.7 Å². The van der Waals surface area contributed by atoms with Crippen molar-refractivity contribution in [2.45, 2.75) is 38.9 Å². The first-order chi connectivity index (χ1) is 13.6. The van der Waals surface area contributed by atoms with Gasteiger partial charge in [0.05, 0.1) is 5.92 Å². The lowest BCUT2D eigenvalue weighted by Crippen LogP contribution is -2.45. The maximum atomic E-state index is 12.8. The number of hydrogen-bond donors (Lipinski definition) is 1. The number of aromatic nitrogens is 3. The molecule has 2 amide bonds. The van der Waals surface area contributed by atoms with Gasteiger partial charge in [-0.1, -0.05) is 5.16 Å². The van der Waals surface area contributed by atoms with E-state index in [-0.39, 0.29) is 35.0 Å². The third-order valence-electron chi connectivity index (χ3n) is 4.72. The van der Waals surface area contributed by atoms with Gasteiger partial charge in [-0.25, -0.2) is 0 Å². The molecule has 11 heteroatoms. The van der Waals surface area contributed by atoms with Crippen LogP contribution in [0, 0.1) is 5.92 Å². The van der Waals surface area contributed by atoms with Crippen LogP contribution in [-0.4, -0.2) is 44.9 Å². The highest BCUT2D eigenvalue weighted by molar-refractivity contribution is 5.81. The number of amides is 2. The molecule has 0 aromatic carbocycles. The van der Waals surface area contributed by atoms with Gasteiger partial charge in [-0.05, 0) is 31.9 Å². The molecule has 0 spiro atoms. The second-order valence-electron chi connectivity index (χ2n) is 6.92. The Balaban J connectivity index is 1.67. The molecule has 29 heavy (non-hydrogen) atoms. The Morgan fingerprint density at radius 3 is 2.83 bits per heavy atom. The number of nitrogens with one attached hydrogen (secondary N) is 1. The fourth-order valence-electron chi connectivity index (χ4n) is 3.12. The van der Waals surface area contributed by atoms with Crippen LogP contribution in [0.3, 0.4) is 0 Å². The molecule has 0 radical (unpaired) electrons. The molecule has 0 aliphatic carbocycles. The molecule has 8 nitrogen and oxygen atoms in total. The smallest absolute Gasteiger partial charge is 0.344 e. The molecule has 1 N–H and O–H groups in total. The van der Waals surface area contributed by atoms with Crippen molar-refractivity contribution in [3.05, 3.63) is 29.9 Å². The van der Waals surface area contributed by atoms with Crippen molar-refractivity contribution >= 4 is 11.8 Å². The fraction of sp³-hybridized carbons (Fsp3) is 0.500. The summed E-state index contributed by atoms with van der Waals surface area (Å²) in [5.41, 5.74) is -0.958.